The molecule has 3 fully saturated rings. The van der Waals surface area contributed by atoms with Crippen molar-refractivity contribution in [3.05, 3.63) is 23.3 Å². The fraction of sp³-hybridized carbons (Fsp3) is 0.727. The minimum atomic E-state index is -2.77. The number of methoxy groups -OCH3 is 1. The standard InChI is InChI=1S/C22H27F2NO2/c1-26-17-6-5-14-11-16-15-7-8-22(23,24)20-21(15,18(14)19(17)27-20)9-10-25(16)12-13-3-2-4-13/h5-6,13,15-16,20H,2-4,7-12H2,1H3/t15-,16+,20?,21-/m0/s1. The third kappa shape index (κ3) is 1.99. The van der Waals surface area contributed by atoms with Crippen molar-refractivity contribution in [2.24, 2.45) is 11.8 Å². The second-order valence-corrected chi connectivity index (χ2v) is 9.39. The maximum absolute atomic E-state index is 15.1. The van der Waals surface area contributed by atoms with E-state index >= 15 is 8.78 Å². The lowest BCUT2D eigenvalue weighted by Gasteiger charge is -2.60. The maximum Gasteiger partial charge on any atom is 0.285 e. The zero-order valence-electron chi connectivity index (χ0n) is 15.8. The van der Waals surface area contributed by atoms with Crippen molar-refractivity contribution in [2.45, 2.75) is 68.4 Å². The van der Waals surface area contributed by atoms with Crippen LogP contribution in [0, 0.1) is 11.8 Å². The van der Waals surface area contributed by atoms with Crippen LogP contribution < -0.4 is 9.47 Å². The van der Waals surface area contributed by atoms with Gasteiger partial charge in [-0.3, -0.25) is 4.90 Å². The summed E-state index contributed by atoms with van der Waals surface area (Å²) in [5, 5.41) is 0. The predicted molar refractivity (Wildman–Crippen MR) is 97.8 cm³/mol. The molecule has 5 aliphatic rings. The van der Waals surface area contributed by atoms with E-state index in [-0.39, 0.29) is 12.3 Å². The Morgan fingerprint density at radius 1 is 1.22 bits per heavy atom. The highest BCUT2D eigenvalue weighted by Crippen LogP contribution is 2.66. The zero-order chi connectivity index (χ0) is 18.4. The maximum atomic E-state index is 15.1. The molecule has 6 rings (SSSR count). The summed E-state index contributed by atoms with van der Waals surface area (Å²) in [6.07, 6.45) is 5.30. The van der Waals surface area contributed by atoms with Crippen molar-refractivity contribution < 1.29 is 18.3 Å². The Morgan fingerprint density at radius 3 is 2.81 bits per heavy atom. The Labute approximate surface area is 159 Å². The quantitative estimate of drug-likeness (QED) is 0.792. The Bertz CT molecular complexity index is 793. The van der Waals surface area contributed by atoms with Crippen LogP contribution in [0.2, 0.25) is 0 Å². The Morgan fingerprint density at radius 2 is 2.07 bits per heavy atom. The smallest absolute Gasteiger partial charge is 0.285 e. The molecular weight excluding hydrogens is 348 g/mol. The van der Waals surface area contributed by atoms with Gasteiger partial charge in [0.05, 0.1) is 7.11 Å². The van der Waals surface area contributed by atoms with Crippen LogP contribution in [0.5, 0.6) is 11.5 Å². The largest absolute Gasteiger partial charge is 0.493 e. The van der Waals surface area contributed by atoms with E-state index in [0.29, 0.717) is 24.0 Å². The van der Waals surface area contributed by atoms with Gasteiger partial charge in [0.25, 0.3) is 5.92 Å². The second-order valence-electron chi connectivity index (χ2n) is 9.39. The van der Waals surface area contributed by atoms with Crippen molar-refractivity contribution in [1.82, 2.24) is 4.90 Å². The van der Waals surface area contributed by atoms with Crippen LogP contribution in [0.15, 0.2) is 12.1 Å². The van der Waals surface area contributed by atoms with E-state index in [1.807, 2.05) is 6.07 Å². The van der Waals surface area contributed by atoms with Crippen LogP contribution >= 0.6 is 0 Å². The summed E-state index contributed by atoms with van der Waals surface area (Å²) in [6.45, 7) is 2.07. The van der Waals surface area contributed by atoms with E-state index in [1.165, 1.54) is 24.8 Å². The van der Waals surface area contributed by atoms with Gasteiger partial charge in [0.1, 0.15) is 0 Å². The number of hydrogen-bond donors (Lipinski definition) is 0. The summed E-state index contributed by atoms with van der Waals surface area (Å²) < 4.78 is 41.7. The summed E-state index contributed by atoms with van der Waals surface area (Å²) in [5.41, 5.74) is 1.75. The van der Waals surface area contributed by atoms with Gasteiger partial charge in [0, 0.05) is 30.0 Å². The molecule has 0 radical (unpaired) electrons. The molecule has 5 heteroatoms. The number of piperidine rings is 1. The van der Waals surface area contributed by atoms with E-state index in [0.717, 1.165) is 37.4 Å². The number of alkyl halides is 2. The lowest BCUT2D eigenvalue weighted by molar-refractivity contribution is -0.182. The van der Waals surface area contributed by atoms with Crippen LogP contribution in [0.1, 0.15) is 49.7 Å². The molecule has 146 valence electrons. The molecule has 27 heavy (non-hydrogen) atoms. The monoisotopic (exact) mass is 375 g/mol. The van der Waals surface area contributed by atoms with Gasteiger partial charge >= 0.3 is 0 Å². The third-order valence-electron chi connectivity index (χ3n) is 8.32. The van der Waals surface area contributed by atoms with Crippen molar-refractivity contribution in [2.75, 3.05) is 20.2 Å². The van der Waals surface area contributed by atoms with Crippen LogP contribution in [-0.2, 0) is 11.8 Å². The Balaban J connectivity index is 1.49. The first-order valence-electron chi connectivity index (χ1n) is 10.5. The van der Waals surface area contributed by atoms with Gasteiger partial charge in [-0.25, -0.2) is 8.78 Å². The molecule has 0 N–H and O–H groups in total. The van der Waals surface area contributed by atoms with Crippen LogP contribution in [0.3, 0.4) is 0 Å². The molecule has 0 amide bonds. The first-order chi connectivity index (χ1) is 13.0. The number of hydrogen-bond acceptors (Lipinski definition) is 3. The van der Waals surface area contributed by atoms with Crippen LogP contribution in [0.25, 0.3) is 0 Å². The molecule has 1 unspecified atom stereocenters. The molecule has 2 heterocycles. The minimum Gasteiger partial charge on any atom is -0.493 e. The molecule has 4 atom stereocenters. The van der Waals surface area contributed by atoms with Gasteiger partial charge < -0.3 is 9.47 Å². The molecule has 1 aromatic rings. The van der Waals surface area contributed by atoms with Gasteiger partial charge in [-0.2, -0.15) is 0 Å². The molecule has 2 bridgehead atoms. The number of benzene rings is 1. The topological polar surface area (TPSA) is 21.7 Å². The molecule has 1 aromatic carbocycles. The van der Waals surface area contributed by atoms with Gasteiger partial charge in [-0.05, 0) is 62.1 Å². The number of rotatable bonds is 3. The normalized spacial score (nSPS) is 38.7. The predicted octanol–water partition coefficient (Wildman–Crippen LogP) is 4.17. The summed E-state index contributed by atoms with van der Waals surface area (Å²) in [4.78, 5) is 2.64. The van der Waals surface area contributed by atoms with E-state index in [4.69, 9.17) is 9.47 Å². The first kappa shape index (κ1) is 16.6. The van der Waals surface area contributed by atoms with E-state index in [2.05, 4.69) is 11.0 Å². The Hall–Kier alpha value is -1.36. The minimum absolute atomic E-state index is 0.0521. The van der Waals surface area contributed by atoms with Crippen LogP contribution in [-0.4, -0.2) is 43.2 Å². The van der Waals surface area contributed by atoms with Crippen molar-refractivity contribution in [1.29, 1.82) is 0 Å². The number of nitrogens with zero attached hydrogens (tertiary/aromatic N) is 1. The van der Waals surface area contributed by atoms with Gasteiger partial charge in [-0.15, -0.1) is 0 Å². The number of ether oxygens (including phenoxy) is 2. The number of halogens is 2. The molecular formula is C22H27F2NO2. The van der Waals surface area contributed by atoms with Crippen molar-refractivity contribution >= 4 is 0 Å². The SMILES string of the molecule is COc1ccc2c3c1OC1C(F)(F)CC[C@H]4[C@@H](C2)N(CC2CCC2)CC[C@]314. The van der Waals surface area contributed by atoms with Gasteiger partial charge in [-0.1, -0.05) is 12.5 Å². The molecule has 1 spiro atoms. The lowest BCUT2D eigenvalue weighted by Crippen LogP contribution is -2.68. The van der Waals surface area contributed by atoms with Crippen molar-refractivity contribution in [3.63, 3.8) is 0 Å². The van der Waals surface area contributed by atoms with Crippen molar-refractivity contribution in [3.8, 4) is 11.5 Å². The Kier molecular flexibility index (Phi) is 3.30. The van der Waals surface area contributed by atoms with Gasteiger partial charge in [0.2, 0.25) is 0 Å². The average molecular weight is 375 g/mol. The zero-order valence-corrected chi connectivity index (χ0v) is 15.8. The summed E-state index contributed by atoms with van der Waals surface area (Å²) >= 11 is 0. The van der Waals surface area contributed by atoms with E-state index < -0.39 is 17.4 Å². The molecule has 2 saturated carbocycles. The molecule has 2 aliphatic heterocycles. The number of likely N-dealkylation sites (tertiary alicyclic amines) is 1. The summed E-state index contributed by atoms with van der Waals surface area (Å²) in [7, 11) is 1.60. The fourth-order valence-corrected chi connectivity index (χ4v) is 6.95. The third-order valence-corrected chi connectivity index (χ3v) is 8.32. The van der Waals surface area contributed by atoms with Crippen LogP contribution in [0.4, 0.5) is 8.78 Å². The molecule has 3 nitrogen and oxygen atoms in total. The van der Waals surface area contributed by atoms with E-state index in [9.17, 15) is 0 Å². The second kappa shape index (κ2) is 5.37. The highest BCUT2D eigenvalue weighted by Gasteiger charge is 2.70. The lowest BCUT2D eigenvalue weighted by atomic mass is 9.51. The summed E-state index contributed by atoms with van der Waals surface area (Å²) in [6, 6.07) is 4.40. The first-order valence-corrected chi connectivity index (χ1v) is 10.5. The molecule has 3 aliphatic carbocycles. The summed E-state index contributed by atoms with van der Waals surface area (Å²) in [5.74, 6) is -0.459. The fourth-order valence-electron chi connectivity index (χ4n) is 6.95. The highest BCUT2D eigenvalue weighted by atomic mass is 19.3. The highest BCUT2D eigenvalue weighted by molar-refractivity contribution is 5.61. The van der Waals surface area contributed by atoms with Gasteiger partial charge in [0.15, 0.2) is 17.6 Å². The van der Waals surface area contributed by atoms with E-state index in [1.54, 1.807) is 7.11 Å². The molecule has 1 saturated heterocycles. The average Bonchev–Trinajstić information content (AvgIpc) is 2.96. The molecule has 0 aromatic heterocycles.